The molecule has 2 heterocycles. The van der Waals surface area contributed by atoms with E-state index in [-0.39, 0.29) is 10.9 Å². The van der Waals surface area contributed by atoms with E-state index in [1.165, 1.54) is 19.5 Å². The van der Waals surface area contributed by atoms with E-state index >= 15 is 0 Å². The van der Waals surface area contributed by atoms with Crippen LogP contribution in [0.4, 0.5) is 0 Å². The van der Waals surface area contributed by atoms with E-state index in [9.17, 15) is 0 Å². The minimum atomic E-state index is -0.0752. The van der Waals surface area contributed by atoms with Gasteiger partial charge in [-0.3, -0.25) is 4.90 Å². The Bertz CT molecular complexity index is 317. The molecular formula is C16H32Cl2N4. The topological polar surface area (TPSA) is 13.0 Å². The molecule has 4 nitrogen and oxygen atoms in total. The third kappa shape index (κ3) is 5.50. The number of likely N-dealkylation sites (N-methyl/N-ethyl adjacent to an activating group) is 2. The normalized spacial score (nSPS) is 37.1. The lowest BCUT2D eigenvalue weighted by Gasteiger charge is -2.39. The monoisotopic (exact) mass is 350 g/mol. The van der Waals surface area contributed by atoms with Gasteiger partial charge < -0.3 is 14.7 Å². The van der Waals surface area contributed by atoms with E-state index < -0.39 is 0 Å². The Balaban J connectivity index is 2.10. The second-order valence-electron chi connectivity index (χ2n) is 6.45. The van der Waals surface area contributed by atoms with Gasteiger partial charge in [0.2, 0.25) is 0 Å². The zero-order valence-corrected chi connectivity index (χ0v) is 15.7. The van der Waals surface area contributed by atoms with Crippen molar-refractivity contribution in [1.82, 2.24) is 19.6 Å². The highest BCUT2D eigenvalue weighted by Gasteiger charge is 2.28. The van der Waals surface area contributed by atoms with Gasteiger partial charge in [-0.2, -0.15) is 0 Å². The molecule has 2 bridgehead atoms. The maximum absolute atomic E-state index is 6.72. The van der Waals surface area contributed by atoms with E-state index in [0.717, 1.165) is 58.9 Å². The minimum absolute atomic E-state index is 0.00816. The fourth-order valence-corrected chi connectivity index (χ4v) is 4.03. The average molecular weight is 351 g/mol. The molecule has 0 spiro atoms. The van der Waals surface area contributed by atoms with Crippen molar-refractivity contribution in [3.8, 4) is 0 Å². The highest BCUT2D eigenvalue weighted by Crippen LogP contribution is 2.18. The summed E-state index contributed by atoms with van der Waals surface area (Å²) in [5.41, 5.74) is -0.0752. The van der Waals surface area contributed by atoms with E-state index in [2.05, 4.69) is 33.4 Å². The first kappa shape index (κ1) is 18.8. The fourth-order valence-electron chi connectivity index (χ4n) is 3.40. The molecule has 0 aromatic rings. The second kappa shape index (κ2) is 9.65. The van der Waals surface area contributed by atoms with Gasteiger partial charge in [-0.05, 0) is 32.6 Å². The molecule has 2 fully saturated rings. The van der Waals surface area contributed by atoms with Crippen LogP contribution in [0.3, 0.4) is 0 Å². The summed E-state index contributed by atoms with van der Waals surface area (Å²) < 4.78 is 0. The largest absolute Gasteiger partial charge is 0.302 e. The van der Waals surface area contributed by atoms with E-state index in [1.54, 1.807) is 0 Å². The summed E-state index contributed by atoms with van der Waals surface area (Å²) in [6.07, 6.45) is 1.27. The first-order valence-corrected chi connectivity index (χ1v) is 9.70. The Morgan fingerprint density at radius 3 is 2.14 bits per heavy atom. The molecule has 0 saturated carbocycles. The van der Waals surface area contributed by atoms with Gasteiger partial charge in [0, 0.05) is 45.8 Å². The minimum Gasteiger partial charge on any atom is -0.302 e. The lowest BCUT2D eigenvalue weighted by atomic mass is 10.2. The number of alkyl halides is 2. The maximum atomic E-state index is 6.72. The van der Waals surface area contributed by atoms with Crippen LogP contribution >= 0.6 is 23.2 Å². The van der Waals surface area contributed by atoms with Crippen molar-refractivity contribution in [1.29, 1.82) is 0 Å². The van der Waals surface area contributed by atoms with Gasteiger partial charge in [-0.25, -0.2) is 0 Å². The number of hydrogen-bond donors (Lipinski definition) is 0. The molecule has 22 heavy (non-hydrogen) atoms. The molecule has 4 atom stereocenters. The molecule has 2 rings (SSSR count). The number of fused-ring (bicyclic) bond motifs is 3. The molecule has 0 aromatic carbocycles. The Morgan fingerprint density at radius 2 is 1.41 bits per heavy atom. The van der Waals surface area contributed by atoms with Crippen LogP contribution in [0, 0.1) is 0 Å². The Hall–Kier alpha value is 0.420. The summed E-state index contributed by atoms with van der Waals surface area (Å²) in [4.78, 5) is 9.97. The van der Waals surface area contributed by atoms with Gasteiger partial charge >= 0.3 is 0 Å². The van der Waals surface area contributed by atoms with Gasteiger partial charge in [-0.1, -0.05) is 13.8 Å². The summed E-state index contributed by atoms with van der Waals surface area (Å²) in [6, 6.07) is 0. The molecular weight excluding hydrogens is 319 g/mol. The highest BCUT2D eigenvalue weighted by atomic mass is 35.5. The Kier molecular flexibility index (Phi) is 8.23. The molecule has 0 aromatic heterocycles. The zero-order valence-electron chi connectivity index (χ0n) is 14.2. The van der Waals surface area contributed by atoms with Crippen molar-refractivity contribution in [2.75, 3.05) is 72.0 Å². The van der Waals surface area contributed by atoms with Gasteiger partial charge in [0.15, 0.2) is 0 Å². The Morgan fingerprint density at radius 1 is 0.773 bits per heavy atom. The van der Waals surface area contributed by atoms with E-state index in [4.69, 9.17) is 23.2 Å². The van der Waals surface area contributed by atoms with Crippen LogP contribution < -0.4 is 0 Å². The Labute approximate surface area is 146 Å². The number of hydrogen-bond acceptors (Lipinski definition) is 4. The van der Waals surface area contributed by atoms with Crippen molar-refractivity contribution in [3.05, 3.63) is 0 Å². The molecule has 130 valence electrons. The molecule has 0 radical (unpaired) electrons. The van der Waals surface area contributed by atoms with Crippen LogP contribution in [0.15, 0.2) is 0 Å². The summed E-state index contributed by atoms with van der Waals surface area (Å²) in [7, 11) is 0. The zero-order chi connectivity index (χ0) is 15.9. The van der Waals surface area contributed by atoms with Crippen LogP contribution in [0.1, 0.15) is 20.3 Å². The van der Waals surface area contributed by atoms with Crippen LogP contribution in [0.25, 0.3) is 0 Å². The first-order valence-electron chi connectivity index (χ1n) is 8.83. The fraction of sp³-hybridized carbons (Fsp3) is 1.00. The van der Waals surface area contributed by atoms with Crippen molar-refractivity contribution < 1.29 is 0 Å². The molecule has 2 saturated heterocycles. The highest BCUT2D eigenvalue weighted by molar-refractivity contribution is 6.29. The van der Waals surface area contributed by atoms with Crippen LogP contribution in [0.5, 0.6) is 0 Å². The third-order valence-electron chi connectivity index (χ3n) is 5.06. The number of rotatable bonds is 2. The molecule has 6 heteroatoms. The number of nitrogens with zero attached hydrogens (tertiary/aromatic N) is 4. The van der Waals surface area contributed by atoms with Gasteiger partial charge in [0.05, 0.1) is 5.38 Å². The molecule has 0 aliphatic carbocycles. The van der Waals surface area contributed by atoms with Crippen LogP contribution in [-0.2, 0) is 0 Å². The third-order valence-corrected chi connectivity index (χ3v) is 6.15. The predicted molar refractivity (Wildman–Crippen MR) is 96.1 cm³/mol. The lowest BCUT2D eigenvalue weighted by molar-refractivity contribution is 0.115. The van der Waals surface area contributed by atoms with Gasteiger partial charge in [-0.15, -0.1) is 23.2 Å². The number of halogens is 2. The van der Waals surface area contributed by atoms with Crippen LogP contribution in [-0.4, -0.2) is 102 Å². The molecule has 0 amide bonds. The molecule has 2 aliphatic heterocycles. The van der Waals surface area contributed by atoms with Crippen molar-refractivity contribution in [2.45, 2.75) is 31.1 Å². The van der Waals surface area contributed by atoms with Gasteiger partial charge in [0.1, 0.15) is 5.50 Å². The second-order valence-corrected chi connectivity index (χ2v) is 7.46. The van der Waals surface area contributed by atoms with Crippen molar-refractivity contribution >= 4 is 23.2 Å². The average Bonchev–Trinajstić information content (AvgIpc) is 2.54. The molecule has 4 unspecified atom stereocenters. The van der Waals surface area contributed by atoms with Gasteiger partial charge in [0.25, 0.3) is 0 Å². The quantitative estimate of drug-likeness (QED) is 0.556. The standard InChI is InChI=1S/C16H32Cl2N4/c1-3-19-6-5-7-21-9-8-20(4-2)14-15(17)16(18)22(12-10-19)13-11-21/h15-16H,3-14H2,1-2H3. The van der Waals surface area contributed by atoms with Crippen molar-refractivity contribution in [2.24, 2.45) is 0 Å². The van der Waals surface area contributed by atoms with Crippen LogP contribution in [0.2, 0.25) is 0 Å². The molecule has 2 aliphatic rings. The molecule has 0 N–H and O–H groups in total. The van der Waals surface area contributed by atoms with Crippen molar-refractivity contribution in [3.63, 3.8) is 0 Å². The predicted octanol–water partition coefficient (Wildman–Crippen LogP) is 1.82. The van der Waals surface area contributed by atoms with E-state index in [1.807, 2.05) is 0 Å². The summed E-state index contributed by atoms with van der Waals surface area (Å²) in [6.45, 7) is 16.4. The lowest BCUT2D eigenvalue weighted by Crippen LogP contribution is -2.52. The SMILES string of the molecule is CCN1CCCN2CCN(CC)CC(Cl)C(Cl)N(CC1)CC2. The summed E-state index contributed by atoms with van der Waals surface area (Å²) in [5, 5.41) is -0.00816. The maximum Gasteiger partial charge on any atom is 0.103 e. The first-order chi connectivity index (χ1) is 10.6. The summed E-state index contributed by atoms with van der Waals surface area (Å²) >= 11 is 13.4. The van der Waals surface area contributed by atoms with E-state index in [0.29, 0.717) is 0 Å². The smallest absolute Gasteiger partial charge is 0.103 e. The summed E-state index contributed by atoms with van der Waals surface area (Å²) in [5.74, 6) is 0.